The summed E-state index contributed by atoms with van der Waals surface area (Å²) in [5.41, 5.74) is 0. The van der Waals surface area contributed by atoms with Gasteiger partial charge in [-0.25, -0.2) is 0 Å². The molecular formula is C15H28O. The molecule has 0 N–H and O–H groups in total. The molecule has 1 saturated carbocycles. The summed E-state index contributed by atoms with van der Waals surface area (Å²) in [7, 11) is 0. The van der Waals surface area contributed by atoms with Gasteiger partial charge < -0.3 is 4.74 Å². The SMILES string of the molecule is CCOCCCCC1CC1CC=CC(C)C. The molecule has 0 spiro atoms. The largest absolute Gasteiger partial charge is 0.382 e. The number of hydrogen-bond donors (Lipinski definition) is 0. The first-order valence-corrected chi connectivity index (χ1v) is 6.98. The van der Waals surface area contributed by atoms with Crippen molar-refractivity contribution in [3.8, 4) is 0 Å². The summed E-state index contributed by atoms with van der Waals surface area (Å²) < 4.78 is 5.34. The van der Waals surface area contributed by atoms with Crippen LogP contribution in [-0.4, -0.2) is 13.2 Å². The van der Waals surface area contributed by atoms with Gasteiger partial charge in [-0.15, -0.1) is 0 Å². The van der Waals surface area contributed by atoms with Crippen molar-refractivity contribution in [2.24, 2.45) is 17.8 Å². The molecule has 1 nitrogen and oxygen atoms in total. The molecule has 0 amide bonds. The molecule has 0 aliphatic heterocycles. The van der Waals surface area contributed by atoms with Crippen LogP contribution in [0.3, 0.4) is 0 Å². The Hall–Kier alpha value is -0.300. The number of unbranched alkanes of at least 4 members (excludes halogenated alkanes) is 1. The van der Waals surface area contributed by atoms with Gasteiger partial charge in [0.1, 0.15) is 0 Å². The van der Waals surface area contributed by atoms with E-state index in [4.69, 9.17) is 4.74 Å². The lowest BCUT2D eigenvalue weighted by molar-refractivity contribution is 0.142. The summed E-state index contributed by atoms with van der Waals surface area (Å²) in [5.74, 6) is 2.74. The molecule has 2 atom stereocenters. The average molecular weight is 224 g/mol. The van der Waals surface area contributed by atoms with E-state index in [2.05, 4.69) is 32.9 Å². The van der Waals surface area contributed by atoms with Crippen molar-refractivity contribution in [1.29, 1.82) is 0 Å². The Labute approximate surface area is 101 Å². The maximum Gasteiger partial charge on any atom is 0.0465 e. The second-order valence-electron chi connectivity index (χ2n) is 5.36. The van der Waals surface area contributed by atoms with E-state index >= 15 is 0 Å². The van der Waals surface area contributed by atoms with Gasteiger partial charge in [-0.1, -0.05) is 38.8 Å². The molecule has 0 aromatic heterocycles. The van der Waals surface area contributed by atoms with E-state index in [0.717, 1.165) is 25.0 Å². The fraction of sp³-hybridized carbons (Fsp3) is 0.867. The van der Waals surface area contributed by atoms with E-state index in [-0.39, 0.29) is 0 Å². The Morgan fingerprint density at radius 3 is 2.75 bits per heavy atom. The van der Waals surface area contributed by atoms with Crippen LogP contribution in [0.4, 0.5) is 0 Å². The predicted molar refractivity (Wildman–Crippen MR) is 70.5 cm³/mol. The molecule has 2 unspecified atom stereocenters. The van der Waals surface area contributed by atoms with Crippen molar-refractivity contribution in [3.63, 3.8) is 0 Å². The van der Waals surface area contributed by atoms with Crippen molar-refractivity contribution >= 4 is 0 Å². The van der Waals surface area contributed by atoms with Crippen LogP contribution in [0.25, 0.3) is 0 Å². The molecule has 0 saturated heterocycles. The van der Waals surface area contributed by atoms with Crippen molar-refractivity contribution in [2.45, 2.75) is 52.9 Å². The molecule has 1 aliphatic rings. The van der Waals surface area contributed by atoms with Gasteiger partial charge in [-0.05, 0) is 43.9 Å². The number of hydrogen-bond acceptors (Lipinski definition) is 1. The van der Waals surface area contributed by atoms with E-state index in [1.165, 1.54) is 32.1 Å². The van der Waals surface area contributed by atoms with Crippen LogP contribution in [0.15, 0.2) is 12.2 Å². The van der Waals surface area contributed by atoms with E-state index in [1.54, 1.807) is 0 Å². The Morgan fingerprint density at radius 2 is 2.06 bits per heavy atom. The third-order valence-electron chi connectivity index (χ3n) is 3.35. The van der Waals surface area contributed by atoms with Gasteiger partial charge in [0.05, 0.1) is 0 Å². The van der Waals surface area contributed by atoms with Crippen LogP contribution in [-0.2, 0) is 4.74 Å². The summed E-state index contributed by atoms with van der Waals surface area (Å²) in [6.45, 7) is 8.38. The fourth-order valence-corrected chi connectivity index (χ4v) is 2.23. The van der Waals surface area contributed by atoms with Crippen LogP contribution >= 0.6 is 0 Å². The first kappa shape index (κ1) is 13.8. The Morgan fingerprint density at radius 1 is 1.25 bits per heavy atom. The van der Waals surface area contributed by atoms with Crippen molar-refractivity contribution in [3.05, 3.63) is 12.2 Å². The molecule has 1 rings (SSSR count). The van der Waals surface area contributed by atoms with Gasteiger partial charge in [0.2, 0.25) is 0 Å². The minimum atomic E-state index is 0.711. The molecule has 94 valence electrons. The van der Waals surface area contributed by atoms with Gasteiger partial charge in [0, 0.05) is 13.2 Å². The van der Waals surface area contributed by atoms with Gasteiger partial charge in [-0.3, -0.25) is 0 Å². The number of allylic oxidation sites excluding steroid dienone is 2. The average Bonchev–Trinajstić information content (AvgIpc) is 2.96. The van der Waals surface area contributed by atoms with Crippen molar-refractivity contribution in [2.75, 3.05) is 13.2 Å². The summed E-state index contributed by atoms with van der Waals surface area (Å²) >= 11 is 0. The van der Waals surface area contributed by atoms with Crippen LogP contribution in [0, 0.1) is 17.8 Å². The second kappa shape index (κ2) is 7.89. The molecule has 16 heavy (non-hydrogen) atoms. The Bertz CT molecular complexity index is 196. The normalized spacial score (nSPS) is 24.5. The highest BCUT2D eigenvalue weighted by Gasteiger charge is 2.34. The Kier molecular flexibility index (Phi) is 6.79. The fourth-order valence-electron chi connectivity index (χ4n) is 2.23. The van der Waals surface area contributed by atoms with Gasteiger partial charge in [-0.2, -0.15) is 0 Å². The zero-order chi connectivity index (χ0) is 11.8. The first-order chi connectivity index (χ1) is 7.74. The van der Waals surface area contributed by atoms with Crippen LogP contribution < -0.4 is 0 Å². The van der Waals surface area contributed by atoms with Crippen LogP contribution in [0.1, 0.15) is 52.9 Å². The lowest BCUT2D eigenvalue weighted by atomic mass is 10.1. The summed E-state index contributed by atoms with van der Waals surface area (Å²) in [6, 6.07) is 0. The second-order valence-corrected chi connectivity index (χ2v) is 5.36. The van der Waals surface area contributed by atoms with Crippen LogP contribution in [0.5, 0.6) is 0 Å². The zero-order valence-corrected chi connectivity index (χ0v) is 11.2. The quantitative estimate of drug-likeness (QED) is 0.416. The highest BCUT2D eigenvalue weighted by molar-refractivity contribution is 4.94. The molecule has 0 heterocycles. The van der Waals surface area contributed by atoms with E-state index in [1.807, 2.05) is 0 Å². The monoisotopic (exact) mass is 224 g/mol. The summed E-state index contributed by atoms with van der Waals surface area (Å²) in [4.78, 5) is 0. The molecule has 0 aromatic rings. The maximum atomic E-state index is 5.34. The van der Waals surface area contributed by atoms with E-state index in [0.29, 0.717) is 5.92 Å². The minimum absolute atomic E-state index is 0.711. The van der Waals surface area contributed by atoms with Crippen molar-refractivity contribution < 1.29 is 4.74 Å². The Balaban J connectivity index is 1.90. The number of rotatable bonds is 9. The molecule has 1 aliphatic carbocycles. The minimum Gasteiger partial charge on any atom is -0.382 e. The predicted octanol–water partition coefficient (Wildman–Crippen LogP) is 4.43. The lowest BCUT2D eigenvalue weighted by Crippen LogP contribution is -1.93. The summed E-state index contributed by atoms with van der Waals surface area (Å²) in [5, 5.41) is 0. The van der Waals surface area contributed by atoms with Crippen molar-refractivity contribution in [1.82, 2.24) is 0 Å². The highest BCUT2D eigenvalue weighted by atomic mass is 16.5. The molecule has 0 radical (unpaired) electrons. The van der Waals surface area contributed by atoms with Crippen LogP contribution in [0.2, 0.25) is 0 Å². The molecular weight excluding hydrogens is 196 g/mol. The van der Waals surface area contributed by atoms with E-state index < -0.39 is 0 Å². The highest BCUT2D eigenvalue weighted by Crippen LogP contribution is 2.44. The van der Waals surface area contributed by atoms with Gasteiger partial charge >= 0.3 is 0 Å². The number of ether oxygens (including phenoxy) is 1. The summed E-state index contributed by atoms with van der Waals surface area (Å²) in [6.07, 6.45) is 11.5. The third-order valence-corrected chi connectivity index (χ3v) is 3.35. The standard InChI is InChI=1S/C15H28O/c1-4-16-11-6-5-9-14-12-15(14)10-7-8-13(2)3/h7-8,13-15H,4-6,9-12H2,1-3H3. The van der Waals surface area contributed by atoms with Gasteiger partial charge in [0.25, 0.3) is 0 Å². The molecule has 0 bridgehead atoms. The maximum absolute atomic E-state index is 5.34. The molecule has 1 fully saturated rings. The van der Waals surface area contributed by atoms with E-state index in [9.17, 15) is 0 Å². The smallest absolute Gasteiger partial charge is 0.0465 e. The lowest BCUT2D eigenvalue weighted by Gasteiger charge is -2.01. The zero-order valence-electron chi connectivity index (χ0n) is 11.2. The molecule has 0 aromatic carbocycles. The van der Waals surface area contributed by atoms with Gasteiger partial charge in [0.15, 0.2) is 0 Å². The molecule has 1 heteroatoms. The topological polar surface area (TPSA) is 9.23 Å². The third kappa shape index (κ3) is 6.32. The first-order valence-electron chi connectivity index (χ1n) is 6.98.